The molecule has 0 radical (unpaired) electrons. The highest BCUT2D eigenvalue weighted by molar-refractivity contribution is 4.77. The Labute approximate surface area is 80.3 Å². The summed E-state index contributed by atoms with van der Waals surface area (Å²) in [7, 11) is 0. The molecular formula is C10H18N2O. The molecule has 3 heteroatoms. The molecule has 0 amide bonds. The van der Waals surface area contributed by atoms with Crippen LogP contribution in [0.3, 0.4) is 0 Å². The summed E-state index contributed by atoms with van der Waals surface area (Å²) in [5.41, 5.74) is 0. The Kier molecular flexibility index (Phi) is 4.81. The standard InChI is InChI=1S/C10H18N2O/c1-2-13-10-5-3-7-12(9-10)8-4-6-11/h10H,2-5,7-9H2,1H3. The lowest BCUT2D eigenvalue weighted by Gasteiger charge is -2.31. The van der Waals surface area contributed by atoms with Gasteiger partial charge in [0.15, 0.2) is 0 Å². The summed E-state index contributed by atoms with van der Waals surface area (Å²) in [6.07, 6.45) is 3.42. The van der Waals surface area contributed by atoms with Crippen molar-refractivity contribution in [1.29, 1.82) is 5.26 Å². The minimum atomic E-state index is 0.400. The van der Waals surface area contributed by atoms with Gasteiger partial charge in [0.1, 0.15) is 0 Å². The maximum absolute atomic E-state index is 8.46. The second-order valence-electron chi connectivity index (χ2n) is 3.43. The smallest absolute Gasteiger partial charge is 0.0702 e. The van der Waals surface area contributed by atoms with Gasteiger partial charge in [0.2, 0.25) is 0 Å². The summed E-state index contributed by atoms with van der Waals surface area (Å²) in [5.74, 6) is 0. The maximum Gasteiger partial charge on any atom is 0.0702 e. The van der Waals surface area contributed by atoms with Crippen molar-refractivity contribution in [1.82, 2.24) is 4.90 Å². The Morgan fingerprint density at radius 2 is 2.46 bits per heavy atom. The van der Waals surface area contributed by atoms with Crippen molar-refractivity contribution in [3.63, 3.8) is 0 Å². The SMILES string of the molecule is CCOC1CCCN(CCC#N)C1. The third-order valence-electron chi connectivity index (χ3n) is 2.40. The zero-order valence-electron chi connectivity index (χ0n) is 8.33. The molecule has 0 aromatic carbocycles. The average Bonchev–Trinajstić information content (AvgIpc) is 2.16. The van der Waals surface area contributed by atoms with Crippen LogP contribution in [0.15, 0.2) is 0 Å². The molecule has 0 N–H and O–H groups in total. The first-order valence-corrected chi connectivity index (χ1v) is 5.07. The van der Waals surface area contributed by atoms with E-state index in [4.69, 9.17) is 10.00 Å². The molecule has 3 nitrogen and oxygen atoms in total. The molecule has 0 saturated carbocycles. The number of nitrogens with zero attached hydrogens (tertiary/aromatic N) is 2. The number of rotatable bonds is 4. The molecule has 0 bridgehead atoms. The molecule has 1 rings (SSSR count). The van der Waals surface area contributed by atoms with Crippen LogP contribution in [0.4, 0.5) is 0 Å². The van der Waals surface area contributed by atoms with Crippen LogP contribution in [-0.4, -0.2) is 37.2 Å². The fourth-order valence-corrected chi connectivity index (χ4v) is 1.80. The highest BCUT2D eigenvalue weighted by Crippen LogP contribution is 2.12. The molecule has 1 fully saturated rings. The summed E-state index contributed by atoms with van der Waals surface area (Å²) in [4.78, 5) is 2.33. The van der Waals surface area contributed by atoms with Crippen LogP contribution >= 0.6 is 0 Å². The van der Waals surface area contributed by atoms with Gasteiger partial charge in [-0.15, -0.1) is 0 Å². The number of nitriles is 1. The first kappa shape index (κ1) is 10.5. The lowest BCUT2D eigenvalue weighted by atomic mass is 10.1. The summed E-state index contributed by atoms with van der Waals surface area (Å²) < 4.78 is 5.57. The maximum atomic E-state index is 8.46. The molecule has 0 spiro atoms. The van der Waals surface area contributed by atoms with Gasteiger partial charge in [0.25, 0.3) is 0 Å². The quantitative estimate of drug-likeness (QED) is 0.659. The molecule has 13 heavy (non-hydrogen) atoms. The van der Waals surface area contributed by atoms with Gasteiger partial charge < -0.3 is 4.74 Å². The van der Waals surface area contributed by atoms with Gasteiger partial charge in [-0.3, -0.25) is 4.90 Å². The molecule has 0 aromatic heterocycles. The fraction of sp³-hybridized carbons (Fsp3) is 0.900. The molecule has 1 unspecified atom stereocenters. The Bertz CT molecular complexity index is 174. The van der Waals surface area contributed by atoms with Gasteiger partial charge in [0, 0.05) is 26.1 Å². The van der Waals surface area contributed by atoms with Crippen LogP contribution in [0.25, 0.3) is 0 Å². The van der Waals surface area contributed by atoms with E-state index in [1.807, 2.05) is 6.92 Å². The lowest BCUT2D eigenvalue weighted by molar-refractivity contribution is 0.00660. The van der Waals surface area contributed by atoms with Gasteiger partial charge in [-0.05, 0) is 26.3 Å². The molecule has 0 aromatic rings. The summed E-state index contributed by atoms with van der Waals surface area (Å²) in [6.45, 7) is 5.88. The van der Waals surface area contributed by atoms with Gasteiger partial charge in [-0.2, -0.15) is 5.26 Å². The van der Waals surface area contributed by atoms with E-state index in [2.05, 4.69) is 11.0 Å². The van der Waals surface area contributed by atoms with Crippen LogP contribution in [0, 0.1) is 11.3 Å². The zero-order valence-corrected chi connectivity index (χ0v) is 8.33. The molecule has 74 valence electrons. The zero-order chi connectivity index (χ0) is 9.52. The fourth-order valence-electron chi connectivity index (χ4n) is 1.80. The number of hydrogen-bond donors (Lipinski definition) is 0. The molecule has 1 aliphatic rings. The molecular weight excluding hydrogens is 164 g/mol. The van der Waals surface area contributed by atoms with E-state index in [1.165, 1.54) is 12.8 Å². The van der Waals surface area contributed by atoms with Gasteiger partial charge in [0.05, 0.1) is 12.2 Å². The van der Waals surface area contributed by atoms with E-state index in [-0.39, 0.29) is 0 Å². The Morgan fingerprint density at radius 3 is 3.15 bits per heavy atom. The first-order chi connectivity index (χ1) is 6.36. The van der Waals surface area contributed by atoms with Gasteiger partial charge >= 0.3 is 0 Å². The molecule has 1 heterocycles. The van der Waals surface area contributed by atoms with E-state index < -0.39 is 0 Å². The number of piperidine rings is 1. The number of likely N-dealkylation sites (tertiary alicyclic amines) is 1. The Hall–Kier alpha value is -0.590. The second-order valence-corrected chi connectivity index (χ2v) is 3.43. The second kappa shape index (κ2) is 5.95. The van der Waals surface area contributed by atoms with E-state index in [0.717, 1.165) is 26.2 Å². The summed E-state index contributed by atoms with van der Waals surface area (Å²) >= 11 is 0. The van der Waals surface area contributed by atoms with E-state index in [9.17, 15) is 0 Å². The average molecular weight is 182 g/mol. The third kappa shape index (κ3) is 3.75. The Balaban J connectivity index is 2.21. The van der Waals surface area contributed by atoms with Crippen molar-refractivity contribution in [2.75, 3.05) is 26.2 Å². The van der Waals surface area contributed by atoms with Crippen LogP contribution in [0.2, 0.25) is 0 Å². The van der Waals surface area contributed by atoms with Crippen LogP contribution in [0.5, 0.6) is 0 Å². The van der Waals surface area contributed by atoms with Crippen molar-refractivity contribution in [2.45, 2.75) is 32.3 Å². The first-order valence-electron chi connectivity index (χ1n) is 5.07. The number of hydrogen-bond acceptors (Lipinski definition) is 3. The topological polar surface area (TPSA) is 36.3 Å². The summed E-state index contributed by atoms with van der Waals surface area (Å²) in [6, 6.07) is 2.18. The monoisotopic (exact) mass is 182 g/mol. The number of ether oxygens (including phenoxy) is 1. The van der Waals surface area contributed by atoms with Crippen molar-refractivity contribution in [3.05, 3.63) is 0 Å². The highest BCUT2D eigenvalue weighted by atomic mass is 16.5. The largest absolute Gasteiger partial charge is 0.377 e. The molecule has 1 saturated heterocycles. The van der Waals surface area contributed by atoms with Crippen LogP contribution < -0.4 is 0 Å². The van der Waals surface area contributed by atoms with Crippen molar-refractivity contribution in [3.8, 4) is 6.07 Å². The highest BCUT2D eigenvalue weighted by Gasteiger charge is 2.18. The van der Waals surface area contributed by atoms with E-state index >= 15 is 0 Å². The molecule has 1 atom stereocenters. The minimum Gasteiger partial charge on any atom is -0.377 e. The minimum absolute atomic E-state index is 0.400. The van der Waals surface area contributed by atoms with Crippen molar-refractivity contribution < 1.29 is 4.74 Å². The van der Waals surface area contributed by atoms with Gasteiger partial charge in [-0.1, -0.05) is 0 Å². The lowest BCUT2D eigenvalue weighted by Crippen LogP contribution is -2.40. The van der Waals surface area contributed by atoms with Crippen LogP contribution in [-0.2, 0) is 4.74 Å². The predicted octanol–water partition coefficient (Wildman–Crippen LogP) is 1.40. The predicted molar refractivity (Wildman–Crippen MR) is 51.3 cm³/mol. The van der Waals surface area contributed by atoms with Crippen LogP contribution in [0.1, 0.15) is 26.2 Å². The van der Waals surface area contributed by atoms with E-state index in [1.54, 1.807) is 0 Å². The van der Waals surface area contributed by atoms with Gasteiger partial charge in [-0.25, -0.2) is 0 Å². The summed E-state index contributed by atoms with van der Waals surface area (Å²) in [5, 5.41) is 8.46. The molecule has 0 aliphatic carbocycles. The Morgan fingerprint density at radius 1 is 1.62 bits per heavy atom. The molecule has 1 aliphatic heterocycles. The van der Waals surface area contributed by atoms with E-state index in [0.29, 0.717) is 12.5 Å². The normalized spacial score (nSPS) is 24.2. The van der Waals surface area contributed by atoms with Crippen molar-refractivity contribution >= 4 is 0 Å². The third-order valence-corrected chi connectivity index (χ3v) is 2.40. The van der Waals surface area contributed by atoms with Crippen molar-refractivity contribution in [2.24, 2.45) is 0 Å².